The fourth-order valence-electron chi connectivity index (χ4n) is 2.70. The molecule has 1 aliphatic rings. The lowest BCUT2D eigenvalue weighted by atomic mass is 10.1. The number of unbranched alkanes of at least 4 members (excludes halogenated alkanes) is 4. The average Bonchev–Trinajstić information content (AvgIpc) is 2.89. The Morgan fingerprint density at radius 3 is 2.83 bits per heavy atom. The highest BCUT2D eigenvalue weighted by Crippen LogP contribution is 2.21. The molecule has 0 radical (unpaired) electrons. The monoisotopic (exact) mass is 341 g/mol. The molecule has 1 saturated heterocycles. The van der Waals surface area contributed by atoms with Crippen molar-refractivity contribution in [3.63, 3.8) is 0 Å². The van der Waals surface area contributed by atoms with E-state index in [0.717, 1.165) is 38.5 Å². The Morgan fingerprint density at radius 2 is 2.12 bits per heavy atom. The van der Waals surface area contributed by atoms with Crippen LogP contribution in [0.5, 0.6) is 0 Å². The number of aliphatic hydroxyl groups is 1. The summed E-state index contributed by atoms with van der Waals surface area (Å²) in [5.41, 5.74) is 0. The van der Waals surface area contributed by atoms with Gasteiger partial charge in [-0.2, -0.15) is 0 Å². The van der Waals surface area contributed by atoms with Crippen LogP contribution in [0, 0.1) is 0 Å². The molecule has 1 fully saturated rings. The molecule has 1 amide bonds. The molecule has 2 atom stereocenters. The summed E-state index contributed by atoms with van der Waals surface area (Å²) < 4.78 is 0. The number of hydroxylamine groups is 2. The molecule has 6 heteroatoms. The minimum Gasteiger partial charge on any atom is -0.481 e. The highest BCUT2D eigenvalue weighted by Gasteiger charge is 2.30. The van der Waals surface area contributed by atoms with E-state index >= 15 is 0 Å². The summed E-state index contributed by atoms with van der Waals surface area (Å²) in [6.07, 6.45) is 10.6. The quantitative estimate of drug-likeness (QED) is 0.397. The summed E-state index contributed by atoms with van der Waals surface area (Å²) in [7, 11) is 0. The molecule has 1 unspecified atom stereocenters. The van der Waals surface area contributed by atoms with E-state index < -0.39 is 12.1 Å². The van der Waals surface area contributed by atoms with E-state index in [0.29, 0.717) is 25.9 Å². The second kappa shape index (κ2) is 12.0. The number of rotatable bonds is 13. The van der Waals surface area contributed by atoms with Crippen molar-refractivity contribution in [3.05, 3.63) is 12.2 Å². The van der Waals surface area contributed by atoms with E-state index in [4.69, 9.17) is 9.94 Å². The van der Waals surface area contributed by atoms with Crippen molar-refractivity contribution in [2.45, 2.75) is 83.3 Å². The predicted octanol–water partition coefficient (Wildman–Crippen LogP) is 3.05. The van der Waals surface area contributed by atoms with Gasteiger partial charge in [-0.1, -0.05) is 44.8 Å². The van der Waals surface area contributed by atoms with Gasteiger partial charge < -0.3 is 10.2 Å². The first kappa shape index (κ1) is 20.6. The summed E-state index contributed by atoms with van der Waals surface area (Å²) in [4.78, 5) is 27.9. The molecule has 0 aromatic heterocycles. The molecule has 6 nitrogen and oxygen atoms in total. The summed E-state index contributed by atoms with van der Waals surface area (Å²) >= 11 is 0. The Balaban J connectivity index is 2.28. The number of carbonyl (C=O) groups is 2. The van der Waals surface area contributed by atoms with Crippen LogP contribution >= 0.6 is 0 Å². The summed E-state index contributed by atoms with van der Waals surface area (Å²) in [6.45, 7) is 2.54. The first-order chi connectivity index (χ1) is 11.5. The molecule has 0 bridgehead atoms. The van der Waals surface area contributed by atoms with E-state index in [-0.39, 0.29) is 18.4 Å². The van der Waals surface area contributed by atoms with Crippen LogP contribution in [-0.4, -0.2) is 45.9 Å². The fourth-order valence-corrected chi connectivity index (χ4v) is 2.70. The highest BCUT2D eigenvalue weighted by molar-refractivity contribution is 5.78. The molecule has 0 aliphatic carbocycles. The van der Waals surface area contributed by atoms with E-state index in [1.165, 1.54) is 5.06 Å². The van der Waals surface area contributed by atoms with Gasteiger partial charge in [0.2, 0.25) is 5.91 Å². The zero-order valence-corrected chi connectivity index (χ0v) is 14.7. The van der Waals surface area contributed by atoms with Gasteiger partial charge in [0.15, 0.2) is 0 Å². The highest BCUT2D eigenvalue weighted by atomic mass is 16.7. The summed E-state index contributed by atoms with van der Waals surface area (Å²) in [5.74, 6) is -0.816. The standard InChI is InChI=1S/C18H31NO5/c1-2-3-5-8-16(20)12-10-15-11-13-17(21)19(15)24-14-7-4-6-9-18(22)23/h10,12,15-16,20H,2-9,11,13-14H2,1H3,(H,22,23)/t15?,16-/m0/s1. The molecule has 24 heavy (non-hydrogen) atoms. The third-order valence-corrected chi connectivity index (χ3v) is 4.13. The lowest BCUT2D eigenvalue weighted by molar-refractivity contribution is -0.185. The van der Waals surface area contributed by atoms with Gasteiger partial charge in [0.25, 0.3) is 0 Å². The number of aliphatic hydroxyl groups excluding tert-OH is 1. The molecule has 0 spiro atoms. The maximum absolute atomic E-state index is 11.9. The number of carboxylic acid groups (broad SMARTS) is 1. The molecule has 1 heterocycles. The number of hydrogen-bond acceptors (Lipinski definition) is 4. The van der Waals surface area contributed by atoms with Crippen molar-refractivity contribution < 1.29 is 24.6 Å². The SMILES string of the molecule is CCCCC[C@H](O)C=CC1CCC(=O)N1OCCCCCC(=O)O. The third-order valence-electron chi connectivity index (χ3n) is 4.13. The van der Waals surface area contributed by atoms with Gasteiger partial charge in [0.1, 0.15) is 0 Å². The number of nitrogens with zero attached hydrogens (tertiary/aromatic N) is 1. The molecule has 1 rings (SSSR count). The maximum Gasteiger partial charge on any atom is 0.303 e. The Morgan fingerprint density at radius 1 is 1.33 bits per heavy atom. The van der Waals surface area contributed by atoms with Crippen molar-refractivity contribution in [3.8, 4) is 0 Å². The van der Waals surface area contributed by atoms with E-state index in [1.807, 2.05) is 6.08 Å². The fraction of sp³-hybridized carbons (Fsp3) is 0.778. The lowest BCUT2D eigenvalue weighted by Gasteiger charge is -2.21. The normalized spacial score (nSPS) is 19.3. The van der Waals surface area contributed by atoms with Gasteiger partial charge in [-0.25, -0.2) is 5.06 Å². The lowest BCUT2D eigenvalue weighted by Crippen LogP contribution is -2.32. The average molecular weight is 341 g/mol. The maximum atomic E-state index is 11.9. The summed E-state index contributed by atoms with van der Waals surface area (Å²) in [6, 6.07) is -0.114. The van der Waals surface area contributed by atoms with E-state index in [9.17, 15) is 14.7 Å². The molecule has 0 aromatic rings. The van der Waals surface area contributed by atoms with Crippen LogP contribution in [0.2, 0.25) is 0 Å². The number of carbonyl (C=O) groups excluding carboxylic acids is 1. The Labute approximate surface area is 144 Å². The zero-order valence-electron chi connectivity index (χ0n) is 14.7. The molecular weight excluding hydrogens is 310 g/mol. The largest absolute Gasteiger partial charge is 0.481 e. The minimum absolute atomic E-state index is 0.0318. The topological polar surface area (TPSA) is 87.1 Å². The van der Waals surface area contributed by atoms with Gasteiger partial charge in [0.05, 0.1) is 18.8 Å². The second-order valence-electron chi connectivity index (χ2n) is 6.31. The van der Waals surface area contributed by atoms with Gasteiger partial charge in [0, 0.05) is 12.8 Å². The van der Waals surface area contributed by atoms with Crippen molar-refractivity contribution in [2.24, 2.45) is 0 Å². The number of amides is 1. The molecule has 0 aromatic carbocycles. The van der Waals surface area contributed by atoms with Gasteiger partial charge in [-0.05, 0) is 25.7 Å². The van der Waals surface area contributed by atoms with Crippen molar-refractivity contribution in [1.82, 2.24) is 5.06 Å². The first-order valence-electron chi connectivity index (χ1n) is 9.07. The van der Waals surface area contributed by atoms with Gasteiger partial charge >= 0.3 is 5.97 Å². The third kappa shape index (κ3) is 8.45. The first-order valence-corrected chi connectivity index (χ1v) is 9.07. The van der Waals surface area contributed by atoms with Crippen LogP contribution < -0.4 is 0 Å². The van der Waals surface area contributed by atoms with Crippen LogP contribution in [0.1, 0.15) is 71.1 Å². The molecular formula is C18H31NO5. The van der Waals surface area contributed by atoms with Gasteiger partial charge in [-0.15, -0.1) is 0 Å². The number of aliphatic carboxylic acids is 1. The number of carboxylic acids is 1. The second-order valence-corrected chi connectivity index (χ2v) is 6.31. The van der Waals surface area contributed by atoms with Crippen LogP contribution in [0.4, 0.5) is 0 Å². The molecule has 1 aliphatic heterocycles. The van der Waals surface area contributed by atoms with Crippen molar-refractivity contribution in [1.29, 1.82) is 0 Å². The van der Waals surface area contributed by atoms with Crippen molar-refractivity contribution >= 4 is 11.9 Å². The van der Waals surface area contributed by atoms with E-state index in [1.54, 1.807) is 6.08 Å². The molecule has 2 N–H and O–H groups in total. The van der Waals surface area contributed by atoms with Crippen LogP contribution in [0.15, 0.2) is 12.2 Å². The summed E-state index contributed by atoms with van der Waals surface area (Å²) in [5, 5.41) is 19.9. The molecule has 138 valence electrons. The Bertz CT molecular complexity index is 410. The van der Waals surface area contributed by atoms with Crippen LogP contribution in [0.25, 0.3) is 0 Å². The smallest absolute Gasteiger partial charge is 0.303 e. The predicted molar refractivity (Wildman–Crippen MR) is 91.2 cm³/mol. The van der Waals surface area contributed by atoms with Gasteiger partial charge in [-0.3, -0.25) is 14.4 Å². The zero-order chi connectivity index (χ0) is 17.8. The Hall–Kier alpha value is -1.40. The minimum atomic E-state index is -0.784. The molecule has 0 saturated carbocycles. The number of hydrogen-bond donors (Lipinski definition) is 2. The Kier molecular flexibility index (Phi) is 10.4. The van der Waals surface area contributed by atoms with E-state index in [2.05, 4.69) is 6.92 Å². The van der Waals surface area contributed by atoms with Crippen LogP contribution in [0.3, 0.4) is 0 Å². The van der Waals surface area contributed by atoms with Crippen molar-refractivity contribution in [2.75, 3.05) is 6.61 Å². The van der Waals surface area contributed by atoms with Crippen LogP contribution in [-0.2, 0) is 14.4 Å².